The molecule has 0 unspecified atom stereocenters. The van der Waals surface area contributed by atoms with E-state index in [2.05, 4.69) is 11.7 Å². The normalized spacial score (nSPS) is 11.7. The molecule has 0 amide bonds. The number of hydrogen-bond donors (Lipinski definition) is 0. The van der Waals surface area contributed by atoms with Crippen molar-refractivity contribution in [3.8, 4) is 0 Å². The monoisotopic (exact) mass is 223 g/mol. The molecule has 0 rings (SSSR count). The van der Waals surface area contributed by atoms with Crippen molar-refractivity contribution in [1.29, 1.82) is 0 Å². The van der Waals surface area contributed by atoms with Crippen molar-refractivity contribution in [3.05, 3.63) is 0 Å². The Bertz CT molecular complexity index is 184. The SMILES string of the molecule is CCCCCCCCOC(F)(F)C(=O)[O-]. The number of carbonyl (C=O) groups excluding carboxylic acids is 1. The maximum absolute atomic E-state index is 12.3. The molecule has 15 heavy (non-hydrogen) atoms. The Hall–Kier alpha value is -0.710. The van der Waals surface area contributed by atoms with Crippen LogP contribution in [-0.2, 0) is 9.53 Å². The van der Waals surface area contributed by atoms with E-state index in [1.165, 1.54) is 0 Å². The van der Waals surface area contributed by atoms with Crippen LogP contribution in [0.15, 0.2) is 0 Å². The number of carbonyl (C=O) groups is 1. The van der Waals surface area contributed by atoms with Gasteiger partial charge in [0.15, 0.2) is 0 Å². The first-order valence-electron chi connectivity index (χ1n) is 5.24. The van der Waals surface area contributed by atoms with Crippen LogP contribution >= 0.6 is 0 Å². The van der Waals surface area contributed by atoms with Crippen LogP contribution in [0.3, 0.4) is 0 Å². The lowest BCUT2D eigenvalue weighted by Gasteiger charge is -2.16. The summed E-state index contributed by atoms with van der Waals surface area (Å²) in [6, 6.07) is 0. The second kappa shape index (κ2) is 7.56. The average molecular weight is 223 g/mol. The van der Waals surface area contributed by atoms with E-state index in [1.807, 2.05) is 0 Å². The van der Waals surface area contributed by atoms with Gasteiger partial charge in [0.05, 0.1) is 6.61 Å². The first kappa shape index (κ1) is 14.3. The molecular weight excluding hydrogens is 206 g/mol. The molecule has 0 fully saturated rings. The Morgan fingerprint density at radius 2 is 1.73 bits per heavy atom. The molecule has 0 aliphatic carbocycles. The molecule has 0 aromatic heterocycles. The van der Waals surface area contributed by atoms with Crippen LogP contribution in [0.1, 0.15) is 45.4 Å². The average Bonchev–Trinajstić information content (AvgIpc) is 2.16. The van der Waals surface area contributed by atoms with Gasteiger partial charge in [0.1, 0.15) is 5.97 Å². The summed E-state index contributed by atoms with van der Waals surface area (Å²) in [7, 11) is 0. The van der Waals surface area contributed by atoms with Crippen molar-refractivity contribution >= 4 is 5.97 Å². The van der Waals surface area contributed by atoms with E-state index in [4.69, 9.17) is 0 Å². The number of alkyl halides is 2. The molecule has 0 N–H and O–H groups in total. The Morgan fingerprint density at radius 1 is 1.20 bits per heavy atom. The zero-order valence-electron chi connectivity index (χ0n) is 8.93. The summed E-state index contributed by atoms with van der Waals surface area (Å²) in [5, 5.41) is 9.84. The molecule has 0 aromatic rings. The number of carboxylic acids is 1. The summed E-state index contributed by atoms with van der Waals surface area (Å²) >= 11 is 0. The van der Waals surface area contributed by atoms with Crippen molar-refractivity contribution in [2.75, 3.05) is 6.61 Å². The molecule has 3 nitrogen and oxygen atoms in total. The Labute approximate surface area is 88.4 Å². The molecule has 0 atom stereocenters. The molecule has 0 heterocycles. The van der Waals surface area contributed by atoms with Gasteiger partial charge in [-0.25, -0.2) is 0 Å². The predicted octanol–water partition coefficient (Wildman–Crippen LogP) is 1.71. The van der Waals surface area contributed by atoms with E-state index in [-0.39, 0.29) is 6.61 Å². The number of ether oxygens (including phenoxy) is 1. The highest BCUT2D eigenvalue weighted by molar-refractivity contribution is 5.71. The molecule has 0 aromatic carbocycles. The van der Waals surface area contributed by atoms with Crippen LogP contribution in [0.4, 0.5) is 8.78 Å². The molecule has 0 saturated carbocycles. The molecule has 90 valence electrons. The summed E-state index contributed by atoms with van der Waals surface area (Å²) in [6.45, 7) is 1.84. The summed E-state index contributed by atoms with van der Waals surface area (Å²) in [4.78, 5) is 9.84. The van der Waals surface area contributed by atoms with Gasteiger partial charge < -0.3 is 14.6 Å². The highest BCUT2D eigenvalue weighted by Crippen LogP contribution is 2.15. The number of unbranched alkanes of at least 4 members (excludes halogenated alkanes) is 5. The zero-order valence-corrected chi connectivity index (χ0v) is 8.93. The number of carboxylic acid groups (broad SMARTS) is 1. The standard InChI is InChI=1S/C10H18F2O3/c1-2-3-4-5-6-7-8-15-10(11,12)9(13)14/h2-8H2,1H3,(H,13,14)/p-1. The van der Waals surface area contributed by atoms with E-state index in [1.54, 1.807) is 0 Å². The maximum atomic E-state index is 12.3. The van der Waals surface area contributed by atoms with Crippen molar-refractivity contribution in [1.82, 2.24) is 0 Å². The maximum Gasteiger partial charge on any atom is 0.397 e. The zero-order chi connectivity index (χ0) is 11.7. The van der Waals surface area contributed by atoms with Gasteiger partial charge in [0, 0.05) is 0 Å². The lowest BCUT2D eigenvalue weighted by molar-refractivity contribution is -0.363. The molecule has 0 radical (unpaired) electrons. The second-order valence-corrected chi connectivity index (χ2v) is 3.42. The molecule has 0 bridgehead atoms. The summed E-state index contributed by atoms with van der Waals surface area (Å²) in [5.41, 5.74) is 0. The third kappa shape index (κ3) is 7.25. The summed E-state index contributed by atoms with van der Waals surface area (Å²) in [5.74, 6) is -2.48. The number of aliphatic carboxylic acids is 1. The first-order chi connectivity index (χ1) is 7.00. The van der Waals surface area contributed by atoms with Crippen LogP contribution in [0.5, 0.6) is 0 Å². The van der Waals surface area contributed by atoms with Crippen molar-refractivity contribution < 1.29 is 23.4 Å². The van der Waals surface area contributed by atoms with Crippen LogP contribution in [0, 0.1) is 0 Å². The Kier molecular flexibility index (Phi) is 7.21. The van der Waals surface area contributed by atoms with E-state index in [0.29, 0.717) is 6.42 Å². The smallest absolute Gasteiger partial charge is 0.397 e. The molecule has 0 aliphatic heterocycles. The summed E-state index contributed by atoms with van der Waals surface area (Å²) < 4.78 is 28.5. The fraction of sp³-hybridized carbons (Fsp3) is 0.900. The number of hydrogen-bond acceptors (Lipinski definition) is 3. The predicted molar refractivity (Wildman–Crippen MR) is 49.3 cm³/mol. The third-order valence-corrected chi connectivity index (χ3v) is 2.02. The van der Waals surface area contributed by atoms with Gasteiger partial charge in [-0.1, -0.05) is 39.0 Å². The van der Waals surface area contributed by atoms with Crippen molar-refractivity contribution in [2.24, 2.45) is 0 Å². The van der Waals surface area contributed by atoms with Gasteiger partial charge in [-0.3, -0.25) is 0 Å². The minimum Gasteiger partial charge on any atom is -0.542 e. The topological polar surface area (TPSA) is 49.4 Å². The fourth-order valence-electron chi connectivity index (χ4n) is 1.14. The second-order valence-electron chi connectivity index (χ2n) is 3.42. The number of rotatable bonds is 9. The van der Waals surface area contributed by atoms with Gasteiger partial charge >= 0.3 is 6.11 Å². The quantitative estimate of drug-likeness (QED) is 0.559. The van der Waals surface area contributed by atoms with Crippen molar-refractivity contribution in [2.45, 2.75) is 51.6 Å². The van der Waals surface area contributed by atoms with Gasteiger partial charge in [0.2, 0.25) is 0 Å². The van der Waals surface area contributed by atoms with E-state index >= 15 is 0 Å². The number of halogens is 2. The molecule has 5 heteroatoms. The first-order valence-corrected chi connectivity index (χ1v) is 5.24. The largest absolute Gasteiger partial charge is 0.542 e. The van der Waals surface area contributed by atoms with Crippen molar-refractivity contribution in [3.63, 3.8) is 0 Å². The minimum absolute atomic E-state index is 0.243. The van der Waals surface area contributed by atoms with Crippen LogP contribution in [0.25, 0.3) is 0 Å². The lowest BCUT2D eigenvalue weighted by atomic mass is 10.1. The van der Waals surface area contributed by atoms with E-state index in [9.17, 15) is 18.7 Å². The van der Waals surface area contributed by atoms with Crippen LogP contribution < -0.4 is 5.11 Å². The Morgan fingerprint density at radius 3 is 2.27 bits per heavy atom. The third-order valence-electron chi connectivity index (χ3n) is 2.02. The van der Waals surface area contributed by atoms with Crippen LogP contribution in [-0.4, -0.2) is 18.7 Å². The van der Waals surface area contributed by atoms with Gasteiger partial charge in [-0.2, -0.15) is 8.78 Å². The molecular formula is C10H17F2O3-. The lowest BCUT2D eigenvalue weighted by Crippen LogP contribution is -2.43. The van der Waals surface area contributed by atoms with Gasteiger partial charge in [0.25, 0.3) is 0 Å². The highest BCUT2D eigenvalue weighted by Gasteiger charge is 2.31. The molecule has 0 spiro atoms. The highest BCUT2D eigenvalue weighted by atomic mass is 19.3. The minimum atomic E-state index is -4.15. The van der Waals surface area contributed by atoms with Gasteiger partial charge in [-0.15, -0.1) is 0 Å². The summed E-state index contributed by atoms with van der Waals surface area (Å²) in [6.07, 6.45) is 1.38. The molecule has 0 aliphatic rings. The van der Waals surface area contributed by atoms with Crippen LogP contribution in [0.2, 0.25) is 0 Å². The van der Waals surface area contributed by atoms with E-state index < -0.39 is 12.1 Å². The molecule has 0 saturated heterocycles. The van der Waals surface area contributed by atoms with Gasteiger partial charge in [-0.05, 0) is 6.42 Å². The Balaban J connectivity index is 3.35. The fourth-order valence-corrected chi connectivity index (χ4v) is 1.14. The van der Waals surface area contributed by atoms with E-state index in [0.717, 1.165) is 32.1 Å².